The van der Waals surface area contributed by atoms with E-state index in [1.807, 2.05) is 25.1 Å². The van der Waals surface area contributed by atoms with Crippen molar-refractivity contribution in [2.45, 2.75) is 19.4 Å². The molecule has 0 unspecified atom stereocenters. The van der Waals surface area contributed by atoms with Crippen molar-refractivity contribution in [1.82, 2.24) is 14.7 Å². The highest BCUT2D eigenvalue weighted by Crippen LogP contribution is 2.19. The molecule has 1 saturated heterocycles. The average Bonchev–Trinajstić information content (AvgIpc) is 3.05. The molecule has 2 heterocycles. The normalized spacial score (nSPS) is 17.8. The molecule has 2 aromatic rings. The Labute approximate surface area is 133 Å². The van der Waals surface area contributed by atoms with Gasteiger partial charge in [0.1, 0.15) is 0 Å². The van der Waals surface area contributed by atoms with Crippen molar-refractivity contribution in [3.8, 4) is 5.69 Å². The number of amides is 2. The van der Waals surface area contributed by atoms with Crippen molar-refractivity contribution in [3.63, 3.8) is 0 Å². The highest BCUT2D eigenvalue weighted by molar-refractivity contribution is 6.30. The molecule has 0 spiro atoms. The van der Waals surface area contributed by atoms with Crippen LogP contribution in [0.1, 0.15) is 12.1 Å². The number of aromatic nitrogens is 2. The number of aliphatic hydroxyl groups excluding tert-OH is 1. The largest absolute Gasteiger partial charge is 0.391 e. The Morgan fingerprint density at radius 1 is 1.45 bits per heavy atom. The minimum absolute atomic E-state index is 0.243. The molecule has 2 N–H and O–H groups in total. The maximum absolute atomic E-state index is 12.1. The summed E-state index contributed by atoms with van der Waals surface area (Å²) in [7, 11) is 0. The van der Waals surface area contributed by atoms with Crippen LogP contribution >= 0.6 is 11.6 Å². The number of carbonyl (C=O) groups excluding carboxylic acids is 1. The molecule has 2 amide bonds. The number of rotatable bonds is 2. The van der Waals surface area contributed by atoms with E-state index in [1.54, 1.807) is 21.7 Å². The smallest absolute Gasteiger partial charge is 0.323 e. The molecule has 22 heavy (non-hydrogen) atoms. The number of aliphatic hydroxyl groups is 1. The van der Waals surface area contributed by atoms with Crippen molar-refractivity contribution in [3.05, 3.63) is 41.0 Å². The molecule has 7 heteroatoms. The quantitative estimate of drug-likeness (QED) is 0.893. The second kappa shape index (κ2) is 5.98. The van der Waals surface area contributed by atoms with Crippen molar-refractivity contribution >= 4 is 23.4 Å². The fourth-order valence-electron chi connectivity index (χ4n) is 2.52. The van der Waals surface area contributed by atoms with E-state index in [4.69, 9.17) is 11.6 Å². The molecule has 3 rings (SSSR count). The third-order valence-electron chi connectivity index (χ3n) is 3.63. The molecule has 1 aliphatic rings. The van der Waals surface area contributed by atoms with Crippen LogP contribution in [0.4, 0.5) is 10.6 Å². The molecule has 0 aliphatic carbocycles. The highest BCUT2D eigenvalue weighted by Gasteiger charge is 2.25. The van der Waals surface area contributed by atoms with Crippen LogP contribution in [0.2, 0.25) is 5.02 Å². The lowest BCUT2D eigenvalue weighted by molar-refractivity contribution is 0.176. The number of hydrogen-bond donors (Lipinski definition) is 2. The first kappa shape index (κ1) is 14.9. The molecule has 0 radical (unpaired) electrons. The number of aryl methyl sites for hydroxylation is 1. The van der Waals surface area contributed by atoms with Gasteiger partial charge in [-0.15, -0.1) is 5.10 Å². The Morgan fingerprint density at radius 2 is 2.27 bits per heavy atom. The summed E-state index contributed by atoms with van der Waals surface area (Å²) in [5.74, 6) is 0.476. The molecule has 6 nitrogen and oxygen atoms in total. The fourth-order valence-corrected chi connectivity index (χ4v) is 2.70. The van der Waals surface area contributed by atoms with Gasteiger partial charge >= 0.3 is 6.03 Å². The SMILES string of the molecule is Cc1cc(NC(=O)N2CC[C@@H](O)C2)nn1-c1cccc(Cl)c1. The van der Waals surface area contributed by atoms with Gasteiger partial charge in [-0.2, -0.15) is 0 Å². The van der Waals surface area contributed by atoms with E-state index < -0.39 is 6.10 Å². The number of benzene rings is 1. The Hall–Kier alpha value is -2.05. The van der Waals surface area contributed by atoms with Crippen LogP contribution in [0.25, 0.3) is 5.69 Å². The van der Waals surface area contributed by atoms with Crippen LogP contribution in [0.3, 0.4) is 0 Å². The first-order valence-electron chi connectivity index (χ1n) is 7.09. The Kier molecular flexibility index (Phi) is 4.04. The van der Waals surface area contributed by atoms with Crippen LogP contribution in [0.15, 0.2) is 30.3 Å². The molecular weight excluding hydrogens is 304 g/mol. The lowest BCUT2D eigenvalue weighted by Crippen LogP contribution is -2.33. The van der Waals surface area contributed by atoms with Crippen molar-refractivity contribution in [1.29, 1.82) is 0 Å². The molecule has 0 bridgehead atoms. The Bertz CT molecular complexity index is 701. The van der Waals surface area contributed by atoms with Gasteiger partial charge in [-0.05, 0) is 31.5 Å². The number of likely N-dealkylation sites (tertiary alicyclic amines) is 1. The predicted octanol–water partition coefficient (Wildman–Crippen LogP) is 2.43. The Morgan fingerprint density at radius 3 is 2.95 bits per heavy atom. The van der Waals surface area contributed by atoms with Gasteiger partial charge in [-0.1, -0.05) is 17.7 Å². The van der Waals surface area contributed by atoms with Gasteiger partial charge in [0.2, 0.25) is 0 Å². The molecule has 116 valence electrons. The van der Waals surface area contributed by atoms with Gasteiger partial charge < -0.3 is 10.0 Å². The predicted molar refractivity (Wildman–Crippen MR) is 84.5 cm³/mol. The van der Waals surface area contributed by atoms with Gasteiger partial charge in [0.25, 0.3) is 0 Å². The first-order chi connectivity index (χ1) is 10.5. The summed E-state index contributed by atoms with van der Waals surface area (Å²) in [6.07, 6.45) is 0.181. The van der Waals surface area contributed by atoms with Crippen molar-refractivity contribution in [2.75, 3.05) is 18.4 Å². The topological polar surface area (TPSA) is 70.4 Å². The number of urea groups is 1. The van der Waals surface area contributed by atoms with E-state index in [2.05, 4.69) is 10.4 Å². The summed E-state index contributed by atoms with van der Waals surface area (Å²) in [6.45, 7) is 2.82. The number of halogens is 1. The number of β-amino-alcohol motifs (C(OH)–C–C–N with tert-alkyl or cyclic N) is 1. The number of nitrogens with zero attached hydrogens (tertiary/aromatic N) is 3. The van der Waals surface area contributed by atoms with E-state index in [1.165, 1.54) is 0 Å². The Balaban J connectivity index is 1.76. The zero-order valence-corrected chi connectivity index (χ0v) is 12.9. The summed E-state index contributed by atoms with van der Waals surface area (Å²) in [6, 6.07) is 8.91. The maximum atomic E-state index is 12.1. The van der Waals surface area contributed by atoms with Crippen molar-refractivity contribution < 1.29 is 9.90 Å². The van der Waals surface area contributed by atoms with Crippen molar-refractivity contribution in [2.24, 2.45) is 0 Å². The van der Waals surface area contributed by atoms with Gasteiger partial charge in [-0.3, -0.25) is 5.32 Å². The average molecular weight is 321 g/mol. The van der Waals surface area contributed by atoms with E-state index in [-0.39, 0.29) is 6.03 Å². The maximum Gasteiger partial charge on any atom is 0.323 e. The van der Waals surface area contributed by atoms with Crippen LogP contribution in [0, 0.1) is 6.92 Å². The van der Waals surface area contributed by atoms with Crippen LogP contribution in [-0.4, -0.2) is 45.0 Å². The van der Waals surface area contributed by atoms with Crippen LogP contribution < -0.4 is 5.32 Å². The molecule has 1 aromatic carbocycles. The van der Waals surface area contributed by atoms with E-state index in [0.717, 1.165) is 11.4 Å². The minimum atomic E-state index is -0.434. The summed E-state index contributed by atoms with van der Waals surface area (Å²) in [4.78, 5) is 13.7. The standard InChI is InChI=1S/C15H17ClN4O2/c1-10-7-14(17-15(22)19-6-5-13(21)9-19)18-20(10)12-4-2-3-11(16)8-12/h2-4,7-8,13,21H,5-6,9H2,1H3,(H,17,18,22)/t13-/m1/s1. The van der Waals surface area contributed by atoms with E-state index in [0.29, 0.717) is 30.4 Å². The molecule has 1 fully saturated rings. The molecule has 0 saturated carbocycles. The zero-order chi connectivity index (χ0) is 15.7. The number of carbonyl (C=O) groups is 1. The summed E-state index contributed by atoms with van der Waals surface area (Å²) >= 11 is 6.00. The van der Waals surface area contributed by atoms with Gasteiger partial charge in [0.15, 0.2) is 5.82 Å². The second-order valence-electron chi connectivity index (χ2n) is 5.38. The third kappa shape index (κ3) is 3.08. The van der Waals surface area contributed by atoms with E-state index in [9.17, 15) is 9.90 Å². The van der Waals surface area contributed by atoms with Crippen LogP contribution in [-0.2, 0) is 0 Å². The number of hydrogen-bond acceptors (Lipinski definition) is 3. The minimum Gasteiger partial charge on any atom is -0.391 e. The first-order valence-corrected chi connectivity index (χ1v) is 7.47. The number of anilines is 1. The van der Waals surface area contributed by atoms with E-state index >= 15 is 0 Å². The summed E-state index contributed by atoms with van der Waals surface area (Å²) in [5.41, 5.74) is 1.72. The van der Waals surface area contributed by atoms with Crippen LogP contribution in [0.5, 0.6) is 0 Å². The van der Waals surface area contributed by atoms with Gasteiger partial charge in [0, 0.05) is 29.9 Å². The highest BCUT2D eigenvalue weighted by atomic mass is 35.5. The molecular formula is C15H17ClN4O2. The summed E-state index contributed by atoms with van der Waals surface area (Å²) < 4.78 is 1.72. The van der Waals surface area contributed by atoms with Gasteiger partial charge in [-0.25, -0.2) is 9.48 Å². The lowest BCUT2D eigenvalue weighted by atomic mass is 10.3. The molecule has 1 atom stereocenters. The third-order valence-corrected chi connectivity index (χ3v) is 3.86. The fraction of sp³-hybridized carbons (Fsp3) is 0.333. The monoisotopic (exact) mass is 320 g/mol. The second-order valence-corrected chi connectivity index (χ2v) is 5.82. The lowest BCUT2D eigenvalue weighted by Gasteiger charge is -2.15. The number of nitrogens with one attached hydrogen (secondary N) is 1. The molecule has 1 aliphatic heterocycles. The van der Waals surface area contributed by atoms with Gasteiger partial charge in [0.05, 0.1) is 11.8 Å². The molecule has 1 aromatic heterocycles. The zero-order valence-electron chi connectivity index (χ0n) is 12.2. The summed E-state index contributed by atoms with van der Waals surface area (Å²) in [5, 5.41) is 17.3.